The number of nitrogens with zero attached hydrogens (tertiary/aromatic N) is 6. The number of aromatic nitrogens is 6. The molecule has 5 heterocycles. The summed E-state index contributed by atoms with van der Waals surface area (Å²) in [5, 5.41) is 10.3. The molecule has 1 saturated heterocycles. The van der Waals surface area contributed by atoms with Crippen LogP contribution in [-0.2, 0) is 4.79 Å². The highest BCUT2D eigenvalue weighted by Crippen LogP contribution is 2.29. The van der Waals surface area contributed by atoms with Gasteiger partial charge in [-0.15, -0.1) is 0 Å². The van der Waals surface area contributed by atoms with Gasteiger partial charge in [0.25, 0.3) is 11.5 Å². The second kappa shape index (κ2) is 8.79. The van der Waals surface area contributed by atoms with Crippen molar-refractivity contribution in [3.05, 3.63) is 51.6 Å². The van der Waals surface area contributed by atoms with Crippen LogP contribution in [-0.4, -0.2) is 71.2 Å². The number of likely N-dealkylation sites (tertiary alicyclic amines) is 1. The van der Waals surface area contributed by atoms with Gasteiger partial charge < -0.3 is 14.7 Å². The summed E-state index contributed by atoms with van der Waals surface area (Å²) in [5.74, 6) is -0.359. The lowest BCUT2D eigenvalue weighted by atomic mass is 10.0. The number of H-pyrrole nitrogens is 1. The topological polar surface area (TPSA) is 156 Å². The number of aromatic amines is 1. The van der Waals surface area contributed by atoms with Crippen molar-refractivity contribution in [1.29, 1.82) is 0 Å². The first-order chi connectivity index (χ1) is 17.2. The maximum Gasteiger partial charge on any atom is 0.329 e. The minimum absolute atomic E-state index is 0.224. The number of hydrogen-bond donors (Lipinski definition) is 2. The third-order valence-electron chi connectivity index (χ3n) is 6.36. The molecular weight excluding hydrogens is 466 g/mol. The van der Waals surface area contributed by atoms with Crippen molar-refractivity contribution in [1.82, 2.24) is 34.4 Å². The number of piperidine rings is 1. The molecule has 12 nitrogen and oxygen atoms in total. The molecule has 0 aliphatic carbocycles. The second-order valence-corrected chi connectivity index (χ2v) is 9.25. The van der Waals surface area contributed by atoms with Crippen LogP contribution in [0.15, 0.2) is 40.3 Å². The lowest BCUT2D eigenvalue weighted by molar-refractivity contribution is -0.149. The van der Waals surface area contributed by atoms with E-state index in [0.29, 0.717) is 53.7 Å². The lowest BCUT2D eigenvalue weighted by Gasteiger charge is -2.36. The molecule has 1 aliphatic heterocycles. The molecule has 2 N–H and O–H groups in total. The first-order valence-corrected chi connectivity index (χ1v) is 11.5. The maximum atomic E-state index is 13.1. The largest absolute Gasteiger partial charge is 0.467 e. The van der Waals surface area contributed by atoms with E-state index in [1.165, 1.54) is 27.2 Å². The van der Waals surface area contributed by atoms with Crippen LogP contribution >= 0.6 is 0 Å². The zero-order valence-electron chi connectivity index (χ0n) is 20.1. The van der Waals surface area contributed by atoms with E-state index < -0.39 is 16.9 Å². The summed E-state index contributed by atoms with van der Waals surface area (Å²) in [6.45, 7) is 3.64. The normalized spacial score (nSPS) is 14.9. The Hall–Kier alpha value is -4.19. The van der Waals surface area contributed by atoms with Crippen molar-refractivity contribution in [2.75, 3.05) is 20.2 Å². The standard InChI is InChI=1S/C24H25N7O5/c1-24(2,35)21(33)30-8-6-14(7-9-30)31-19-15(20(32)29-23(31)34)12-25-17-5-4-16(28-18(17)19)13-10-26-22(36-3)27-11-13/h4-5,10-12,14,35H,6-9H2,1-3H3,(H,29,32,34). The number of ether oxygens (including phenoxy) is 1. The first-order valence-electron chi connectivity index (χ1n) is 11.5. The van der Waals surface area contributed by atoms with E-state index in [2.05, 4.69) is 19.9 Å². The number of fused-ring (bicyclic) bond motifs is 3. The molecule has 36 heavy (non-hydrogen) atoms. The van der Waals surface area contributed by atoms with Crippen molar-refractivity contribution in [3.63, 3.8) is 0 Å². The molecule has 1 fully saturated rings. The molecule has 0 radical (unpaired) electrons. The summed E-state index contributed by atoms with van der Waals surface area (Å²) < 4.78 is 6.57. The number of amides is 1. The number of aliphatic hydroxyl groups is 1. The first kappa shape index (κ1) is 23.5. The molecule has 1 amide bonds. The van der Waals surface area contributed by atoms with Crippen molar-refractivity contribution in [2.24, 2.45) is 0 Å². The number of carbonyl (C=O) groups is 1. The van der Waals surface area contributed by atoms with Crippen LogP contribution in [0.1, 0.15) is 32.7 Å². The average Bonchev–Trinajstić information content (AvgIpc) is 2.87. The molecule has 5 rings (SSSR count). The van der Waals surface area contributed by atoms with Crippen LogP contribution in [0.25, 0.3) is 33.2 Å². The van der Waals surface area contributed by atoms with E-state index in [1.54, 1.807) is 34.0 Å². The van der Waals surface area contributed by atoms with Gasteiger partial charge in [-0.3, -0.25) is 24.1 Å². The SMILES string of the molecule is COc1ncc(-c2ccc3ncc4c(=O)[nH]c(=O)n(C5CCN(C(=O)C(C)(C)O)CC5)c4c3n2)cn1. The van der Waals surface area contributed by atoms with E-state index in [4.69, 9.17) is 9.72 Å². The predicted octanol–water partition coefficient (Wildman–Crippen LogP) is 1.03. The van der Waals surface area contributed by atoms with Gasteiger partial charge in [0.2, 0.25) is 0 Å². The Morgan fingerprint density at radius 1 is 1.11 bits per heavy atom. The van der Waals surface area contributed by atoms with Gasteiger partial charge >= 0.3 is 11.7 Å². The Morgan fingerprint density at radius 3 is 2.44 bits per heavy atom. The van der Waals surface area contributed by atoms with Crippen LogP contribution in [0.3, 0.4) is 0 Å². The Kier molecular flexibility index (Phi) is 5.75. The van der Waals surface area contributed by atoms with E-state index >= 15 is 0 Å². The molecule has 0 atom stereocenters. The number of carbonyl (C=O) groups excluding carboxylic acids is 1. The monoisotopic (exact) mass is 491 g/mol. The van der Waals surface area contributed by atoms with Gasteiger partial charge in [0.05, 0.1) is 29.2 Å². The molecule has 0 aromatic carbocycles. The summed E-state index contributed by atoms with van der Waals surface area (Å²) in [6.07, 6.45) is 5.54. The van der Waals surface area contributed by atoms with Crippen LogP contribution < -0.4 is 16.0 Å². The Balaban J connectivity index is 1.63. The summed E-state index contributed by atoms with van der Waals surface area (Å²) in [5.41, 5.74) is -0.0778. The number of nitrogens with one attached hydrogen (secondary N) is 1. The van der Waals surface area contributed by atoms with Crippen molar-refractivity contribution >= 4 is 27.8 Å². The van der Waals surface area contributed by atoms with Gasteiger partial charge in [0, 0.05) is 43.3 Å². The van der Waals surface area contributed by atoms with Gasteiger partial charge in [-0.2, -0.15) is 0 Å². The molecule has 12 heteroatoms. The van der Waals surface area contributed by atoms with Crippen LogP contribution in [0.2, 0.25) is 0 Å². The van der Waals surface area contributed by atoms with Crippen LogP contribution in [0.4, 0.5) is 0 Å². The molecule has 0 unspecified atom stereocenters. The van der Waals surface area contributed by atoms with Gasteiger partial charge in [-0.05, 0) is 38.8 Å². The van der Waals surface area contributed by atoms with E-state index in [0.717, 1.165) is 0 Å². The van der Waals surface area contributed by atoms with Gasteiger partial charge in [-0.25, -0.2) is 19.7 Å². The highest BCUT2D eigenvalue weighted by Gasteiger charge is 2.33. The van der Waals surface area contributed by atoms with Crippen LogP contribution in [0, 0.1) is 0 Å². The zero-order chi connectivity index (χ0) is 25.6. The molecule has 1 aliphatic rings. The molecule has 0 saturated carbocycles. The fourth-order valence-electron chi connectivity index (χ4n) is 4.57. The number of hydrogen-bond acceptors (Lipinski definition) is 9. The summed E-state index contributed by atoms with van der Waals surface area (Å²) >= 11 is 0. The third kappa shape index (κ3) is 4.09. The van der Waals surface area contributed by atoms with Gasteiger partial charge in [0.1, 0.15) is 11.1 Å². The Labute approximate surface area is 204 Å². The highest BCUT2D eigenvalue weighted by atomic mass is 16.5. The van der Waals surface area contributed by atoms with E-state index in [9.17, 15) is 19.5 Å². The zero-order valence-corrected chi connectivity index (χ0v) is 20.1. The summed E-state index contributed by atoms with van der Waals surface area (Å²) in [7, 11) is 1.48. The quantitative estimate of drug-likeness (QED) is 0.398. The predicted molar refractivity (Wildman–Crippen MR) is 131 cm³/mol. The molecule has 0 spiro atoms. The molecule has 4 aromatic heterocycles. The fourth-order valence-corrected chi connectivity index (χ4v) is 4.57. The van der Waals surface area contributed by atoms with E-state index in [1.807, 2.05) is 0 Å². The summed E-state index contributed by atoms with van der Waals surface area (Å²) in [4.78, 5) is 59.7. The van der Waals surface area contributed by atoms with Gasteiger partial charge in [-0.1, -0.05) is 0 Å². The minimum Gasteiger partial charge on any atom is -0.467 e. The molecule has 186 valence electrons. The van der Waals surface area contributed by atoms with Crippen LogP contribution in [0.5, 0.6) is 6.01 Å². The minimum atomic E-state index is -1.47. The number of methoxy groups -OCH3 is 1. The highest BCUT2D eigenvalue weighted by molar-refractivity contribution is 6.01. The van der Waals surface area contributed by atoms with Crippen molar-refractivity contribution in [2.45, 2.75) is 38.3 Å². The Bertz CT molecular complexity index is 1580. The molecular formula is C24H25N7O5. The summed E-state index contributed by atoms with van der Waals surface area (Å²) in [6, 6.07) is 3.47. The molecule has 4 aromatic rings. The van der Waals surface area contributed by atoms with Gasteiger partial charge in [0.15, 0.2) is 0 Å². The van der Waals surface area contributed by atoms with Crippen molar-refractivity contribution in [3.8, 4) is 17.3 Å². The number of pyridine rings is 2. The van der Waals surface area contributed by atoms with Crippen molar-refractivity contribution < 1.29 is 14.6 Å². The average molecular weight is 492 g/mol. The fraction of sp³-hybridized carbons (Fsp3) is 0.375. The lowest BCUT2D eigenvalue weighted by Crippen LogP contribution is -2.49. The molecule has 0 bridgehead atoms. The second-order valence-electron chi connectivity index (χ2n) is 9.25. The Morgan fingerprint density at radius 2 is 1.81 bits per heavy atom. The van der Waals surface area contributed by atoms with E-state index in [-0.39, 0.29) is 23.3 Å². The maximum absolute atomic E-state index is 13.1. The number of rotatable bonds is 4. The third-order valence-corrected chi connectivity index (χ3v) is 6.36. The smallest absolute Gasteiger partial charge is 0.329 e.